The van der Waals surface area contributed by atoms with Crippen molar-refractivity contribution in [2.24, 2.45) is 5.41 Å². The van der Waals surface area contributed by atoms with E-state index in [4.69, 9.17) is 0 Å². The van der Waals surface area contributed by atoms with Gasteiger partial charge in [0.15, 0.2) is 5.78 Å². The minimum absolute atomic E-state index is 0.0125. The number of imidazole rings is 1. The van der Waals surface area contributed by atoms with Crippen molar-refractivity contribution in [2.75, 3.05) is 6.54 Å². The molecule has 0 spiro atoms. The van der Waals surface area contributed by atoms with E-state index in [2.05, 4.69) is 10.3 Å². The number of aromatic nitrogens is 2. The summed E-state index contributed by atoms with van der Waals surface area (Å²) in [5.41, 5.74) is 1.31. The van der Waals surface area contributed by atoms with Gasteiger partial charge >= 0.3 is 0 Å². The zero-order valence-corrected chi connectivity index (χ0v) is 12.9. The van der Waals surface area contributed by atoms with E-state index in [1.807, 2.05) is 49.6 Å². The SMILES string of the molecule is C[C@@H](C(=O)NCC(=O)C(C)(C)C)n1cnc2ccccc21. The third-order valence-corrected chi connectivity index (χ3v) is 3.54. The molecule has 0 aliphatic carbocycles. The van der Waals surface area contributed by atoms with Crippen molar-refractivity contribution in [3.05, 3.63) is 30.6 Å². The molecule has 5 heteroatoms. The van der Waals surface area contributed by atoms with Crippen LogP contribution in [-0.4, -0.2) is 27.8 Å². The molecule has 1 aromatic heterocycles. The van der Waals surface area contributed by atoms with E-state index in [9.17, 15) is 9.59 Å². The second-order valence-corrected chi connectivity index (χ2v) is 6.21. The maximum absolute atomic E-state index is 12.2. The molecule has 5 nitrogen and oxygen atoms in total. The highest BCUT2D eigenvalue weighted by Gasteiger charge is 2.23. The summed E-state index contributed by atoms with van der Waals surface area (Å²) in [6, 6.07) is 7.23. The van der Waals surface area contributed by atoms with Crippen molar-refractivity contribution in [1.29, 1.82) is 0 Å². The number of benzene rings is 1. The van der Waals surface area contributed by atoms with Crippen molar-refractivity contribution >= 4 is 22.7 Å². The fourth-order valence-electron chi connectivity index (χ4n) is 1.99. The number of nitrogens with zero attached hydrogens (tertiary/aromatic N) is 2. The van der Waals surface area contributed by atoms with Crippen LogP contribution in [0, 0.1) is 5.41 Å². The second kappa shape index (κ2) is 5.68. The lowest BCUT2D eigenvalue weighted by molar-refractivity contribution is -0.130. The Balaban J connectivity index is 2.08. The summed E-state index contributed by atoms with van der Waals surface area (Å²) in [7, 11) is 0. The van der Waals surface area contributed by atoms with E-state index in [0.29, 0.717) is 0 Å². The lowest BCUT2D eigenvalue weighted by Gasteiger charge is -2.19. The van der Waals surface area contributed by atoms with Crippen LogP contribution in [0.1, 0.15) is 33.7 Å². The number of carbonyl (C=O) groups excluding carboxylic acids is 2. The number of para-hydroxylation sites is 2. The lowest BCUT2D eigenvalue weighted by Crippen LogP contribution is -2.38. The summed E-state index contributed by atoms with van der Waals surface area (Å²) in [5.74, 6) is -0.172. The van der Waals surface area contributed by atoms with Gasteiger partial charge in [-0.3, -0.25) is 9.59 Å². The van der Waals surface area contributed by atoms with Crippen LogP contribution in [0.5, 0.6) is 0 Å². The molecule has 2 rings (SSSR count). The first-order valence-electron chi connectivity index (χ1n) is 7.03. The first kappa shape index (κ1) is 15.2. The Morgan fingerprint density at radius 3 is 2.62 bits per heavy atom. The number of nitrogens with one attached hydrogen (secondary N) is 1. The monoisotopic (exact) mass is 287 g/mol. The predicted octanol–water partition coefficient (Wildman–Crippen LogP) is 2.33. The lowest BCUT2D eigenvalue weighted by atomic mass is 9.91. The van der Waals surface area contributed by atoms with Crippen LogP contribution in [-0.2, 0) is 9.59 Å². The topological polar surface area (TPSA) is 64.0 Å². The highest BCUT2D eigenvalue weighted by atomic mass is 16.2. The average molecular weight is 287 g/mol. The molecule has 0 saturated carbocycles. The summed E-state index contributed by atoms with van der Waals surface area (Å²) in [6.45, 7) is 7.38. The van der Waals surface area contributed by atoms with Gasteiger partial charge in [0.2, 0.25) is 5.91 Å². The number of hydrogen-bond acceptors (Lipinski definition) is 3. The molecular formula is C16H21N3O2. The fourth-order valence-corrected chi connectivity index (χ4v) is 1.99. The number of amides is 1. The van der Waals surface area contributed by atoms with E-state index in [1.165, 1.54) is 0 Å². The third-order valence-electron chi connectivity index (χ3n) is 3.54. The van der Waals surface area contributed by atoms with E-state index in [0.717, 1.165) is 11.0 Å². The normalized spacial score (nSPS) is 13.1. The van der Waals surface area contributed by atoms with Gasteiger partial charge in [-0.15, -0.1) is 0 Å². The van der Waals surface area contributed by atoms with Gasteiger partial charge in [-0.05, 0) is 19.1 Å². The Bertz CT molecular complexity index is 667. The van der Waals surface area contributed by atoms with E-state index in [-0.39, 0.29) is 18.2 Å². The highest BCUT2D eigenvalue weighted by molar-refractivity contribution is 5.90. The Morgan fingerprint density at radius 1 is 1.29 bits per heavy atom. The summed E-state index contributed by atoms with van der Waals surface area (Å²) in [5, 5.41) is 2.70. The first-order chi connectivity index (χ1) is 9.80. The largest absolute Gasteiger partial charge is 0.347 e. The van der Waals surface area contributed by atoms with Crippen LogP contribution < -0.4 is 5.32 Å². The van der Waals surface area contributed by atoms with E-state index >= 15 is 0 Å². The minimum atomic E-state index is -0.446. The molecule has 1 atom stereocenters. The molecule has 112 valence electrons. The second-order valence-electron chi connectivity index (χ2n) is 6.21. The Hall–Kier alpha value is -2.17. The number of carbonyl (C=O) groups is 2. The molecule has 0 saturated heterocycles. The molecule has 1 amide bonds. The molecule has 0 bridgehead atoms. The van der Waals surface area contributed by atoms with Crippen molar-refractivity contribution in [3.63, 3.8) is 0 Å². The Morgan fingerprint density at radius 2 is 1.95 bits per heavy atom. The van der Waals surface area contributed by atoms with Gasteiger partial charge in [-0.1, -0.05) is 32.9 Å². The molecule has 2 aromatic rings. The van der Waals surface area contributed by atoms with Crippen LogP contribution in [0.2, 0.25) is 0 Å². The van der Waals surface area contributed by atoms with Crippen molar-refractivity contribution in [2.45, 2.75) is 33.7 Å². The Kier molecular flexibility index (Phi) is 4.11. The number of Topliss-reactive ketones (excluding diaryl/α,β-unsaturated/α-hetero) is 1. The zero-order chi connectivity index (χ0) is 15.6. The molecule has 1 aromatic carbocycles. The summed E-state index contributed by atoms with van der Waals surface area (Å²) < 4.78 is 1.81. The zero-order valence-electron chi connectivity index (χ0n) is 12.9. The van der Waals surface area contributed by atoms with Gasteiger partial charge in [-0.25, -0.2) is 4.98 Å². The highest BCUT2D eigenvalue weighted by Crippen LogP contribution is 2.18. The molecule has 1 heterocycles. The average Bonchev–Trinajstić information content (AvgIpc) is 2.86. The summed E-state index contributed by atoms with van der Waals surface area (Å²) in [6.07, 6.45) is 1.65. The first-order valence-corrected chi connectivity index (χ1v) is 7.03. The number of fused-ring (bicyclic) bond motifs is 1. The number of hydrogen-bond donors (Lipinski definition) is 1. The standard InChI is InChI=1S/C16H21N3O2/c1-11(15(21)17-9-14(20)16(2,3)4)19-10-18-12-7-5-6-8-13(12)19/h5-8,10-11H,9H2,1-4H3,(H,17,21)/t11-/m0/s1. The van der Waals surface area contributed by atoms with Gasteiger partial charge in [0.05, 0.1) is 23.9 Å². The number of ketones is 1. The van der Waals surface area contributed by atoms with Gasteiger partial charge in [0.25, 0.3) is 0 Å². The van der Waals surface area contributed by atoms with E-state index in [1.54, 1.807) is 13.3 Å². The molecule has 0 aliphatic heterocycles. The predicted molar refractivity (Wildman–Crippen MR) is 81.9 cm³/mol. The molecule has 21 heavy (non-hydrogen) atoms. The van der Waals surface area contributed by atoms with Crippen molar-refractivity contribution < 1.29 is 9.59 Å². The van der Waals surface area contributed by atoms with Crippen LogP contribution in [0.4, 0.5) is 0 Å². The fraction of sp³-hybridized carbons (Fsp3) is 0.438. The maximum Gasteiger partial charge on any atom is 0.243 e. The number of rotatable bonds is 4. The minimum Gasteiger partial charge on any atom is -0.347 e. The van der Waals surface area contributed by atoms with Gasteiger partial charge in [-0.2, -0.15) is 0 Å². The molecule has 0 radical (unpaired) electrons. The summed E-state index contributed by atoms with van der Waals surface area (Å²) >= 11 is 0. The van der Waals surface area contributed by atoms with Crippen molar-refractivity contribution in [3.8, 4) is 0 Å². The quantitative estimate of drug-likeness (QED) is 0.938. The van der Waals surface area contributed by atoms with Crippen LogP contribution in [0.3, 0.4) is 0 Å². The van der Waals surface area contributed by atoms with Crippen LogP contribution >= 0.6 is 0 Å². The van der Waals surface area contributed by atoms with Crippen molar-refractivity contribution in [1.82, 2.24) is 14.9 Å². The van der Waals surface area contributed by atoms with E-state index < -0.39 is 11.5 Å². The van der Waals surface area contributed by atoms with Crippen LogP contribution in [0.15, 0.2) is 30.6 Å². The maximum atomic E-state index is 12.2. The third kappa shape index (κ3) is 3.29. The molecule has 1 N–H and O–H groups in total. The molecule has 0 fully saturated rings. The molecule has 0 unspecified atom stereocenters. The molecule has 0 aliphatic rings. The van der Waals surface area contributed by atoms with Gasteiger partial charge in [0.1, 0.15) is 6.04 Å². The summed E-state index contributed by atoms with van der Waals surface area (Å²) in [4.78, 5) is 28.3. The molecular weight excluding hydrogens is 266 g/mol. The van der Waals surface area contributed by atoms with Crippen LogP contribution in [0.25, 0.3) is 11.0 Å². The van der Waals surface area contributed by atoms with Gasteiger partial charge in [0, 0.05) is 5.41 Å². The smallest absolute Gasteiger partial charge is 0.243 e. The van der Waals surface area contributed by atoms with Gasteiger partial charge < -0.3 is 9.88 Å². The Labute approximate surface area is 124 Å².